The van der Waals surface area contributed by atoms with Gasteiger partial charge in [0.2, 0.25) is 5.91 Å². The summed E-state index contributed by atoms with van der Waals surface area (Å²) >= 11 is 1.68. The largest absolute Gasteiger partial charge is 0.398 e. The van der Waals surface area contributed by atoms with Gasteiger partial charge in [0.25, 0.3) is 5.56 Å². The molecule has 1 amide bonds. The predicted octanol–water partition coefficient (Wildman–Crippen LogP) is 1.58. The van der Waals surface area contributed by atoms with Gasteiger partial charge in [-0.1, -0.05) is 6.07 Å². The van der Waals surface area contributed by atoms with Crippen LogP contribution in [-0.4, -0.2) is 28.5 Å². The lowest BCUT2D eigenvalue weighted by Crippen LogP contribution is -2.40. The molecular weight excluding hydrogens is 286 g/mol. The number of thiophene rings is 1. The maximum Gasteiger partial charge on any atom is 0.251 e. The van der Waals surface area contributed by atoms with E-state index in [0.29, 0.717) is 5.69 Å². The summed E-state index contributed by atoms with van der Waals surface area (Å²) in [5.41, 5.74) is 5.89. The number of hydrogen-bond acceptors (Lipinski definition) is 4. The van der Waals surface area contributed by atoms with Gasteiger partial charge in [0.15, 0.2) is 0 Å². The van der Waals surface area contributed by atoms with E-state index in [1.54, 1.807) is 23.3 Å². The lowest BCUT2D eigenvalue weighted by Gasteiger charge is -2.25. The number of anilines is 1. The lowest BCUT2D eigenvalue weighted by atomic mass is 10.2. The van der Waals surface area contributed by atoms with Crippen LogP contribution in [0.4, 0.5) is 5.69 Å². The third-order valence-corrected chi connectivity index (χ3v) is 4.34. The van der Waals surface area contributed by atoms with Crippen LogP contribution >= 0.6 is 11.3 Å². The molecule has 0 aliphatic carbocycles. The zero-order valence-electron chi connectivity index (χ0n) is 12.2. The van der Waals surface area contributed by atoms with Crippen molar-refractivity contribution in [3.8, 4) is 0 Å². The fraction of sp³-hybridized carbons (Fsp3) is 0.333. The molecule has 0 fully saturated rings. The first-order valence-corrected chi connectivity index (χ1v) is 7.59. The first-order valence-electron chi connectivity index (χ1n) is 6.71. The van der Waals surface area contributed by atoms with Crippen molar-refractivity contribution < 1.29 is 4.79 Å². The molecule has 0 saturated heterocycles. The van der Waals surface area contributed by atoms with E-state index in [2.05, 4.69) is 6.07 Å². The standard InChI is InChI=1S/C15H19N3O2S/c1-11(8-13-4-3-7-21-13)17(2)15(20)10-18-9-12(16)5-6-14(18)19/h3-7,9,11H,8,10,16H2,1-2H3. The molecule has 1 unspecified atom stereocenters. The van der Waals surface area contributed by atoms with Gasteiger partial charge in [0.1, 0.15) is 6.54 Å². The van der Waals surface area contributed by atoms with E-state index in [-0.39, 0.29) is 24.1 Å². The number of likely N-dealkylation sites (N-methyl/N-ethyl adjacent to an activating group) is 1. The van der Waals surface area contributed by atoms with E-state index >= 15 is 0 Å². The second-order valence-corrected chi connectivity index (χ2v) is 6.10. The van der Waals surface area contributed by atoms with Crippen LogP contribution in [0.5, 0.6) is 0 Å². The number of nitrogens with zero attached hydrogens (tertiary/aromatic N) is 2. The van der Waals surface area contributed by atoms with Crippen molar-refractivity contribution in [3.63, 3.8) is 0 Å². The smallest absolute Gasteiger partial charge is 0.251 e. The Bertz CT molecular complexity index is 664. The van der Waals surface area contributed by atoms with Crippen LogP contribution in [0.15, 0.2) is 40.6 Å². The first kappa shape index (κ1) is 15.3. The third kappa shape index (κ3) is 3.95. The molecule has 0 aromatic carbocycles. The van der Waals surface area contributed by atoms with Crippen LogP contribution in [-0.2, 0) is 17.8 Å². The Morgan fingerprint density at radius 1 is 1.43 bits per heavy atom. The maximum absolute atomic E-state index is 12.3. The van der Waals surface area contributed by atoms with Crippen molar-refractivity contribution in [1.29, 1.82) is 0 Å². The van der Waals surface area contributed by atoms with Gasteiger partial charge < -0.3 is 15.2 Å². The van der Waals surface area contributed by atoms with Gasteiger partial charge >= 0.3 is 0 Å². The molecule has 6 heteroatoms. The van der Waals surface area contributed by atoms with Crippen LogP contribution in [0.25, 0.3) is 0 Å². The second kappa shape index (κ2) is 6.58. The van der Waals surface area contributed by atoms with Gasteiger partial charge in [-0.05, 0) is 24.4 Å². The third-order valence-electron chi connectivity index (χ3n) is 3.44. The summed E-state index contributed by atoms with van der Waals surface area (Å²) in [6, 6.07) is 7.04. The number of carbonyl (C=O) groups is 1. The highest BCUT2D eigenvalue weighted by Gasteiger charge is 2.17. The fourth-order valence-corrected chi connectivity index (χ4v) is 2.86. The molecule has 0 spiro atoms. The number of pyridine rings is 1. The van der Waals surface area contributed by atoms with Gasteiger partial charge in [0.05, 0.1) is 0 Å². The molecule has 2 rings (SSSR count). The van der Waals surface area contributed by atoms with Gasteiger partial charge in [-0.2, -0.15) is 0 Å². The number of carbonyl (C=O) groups excluding carboxylic acids is 1. The molecule has 1 atom stereocenters. The van der Waals surface area contributed by atoms with Crippen LogP contribution in [0.2, 0.25) is 0 Å². The minimum absolute atomic E-state index is 0.00908. The zero-order valence-corrected chi connectivity index (χ0v) is 13.0. The van der Waals surface area contributed by atoms with Crippen molar-refractivity contribution in [2.45, 2.75) is 25.9 Å². The molecule has 0 radical (unpaired) electrons. The topological polar surface area (TPSA) is 68.3 Å². The van der Waals surface area contributed by atoms with Gasteiger partial charge in [-0.3, -0.25) is 9.59 Å². The molecule has 0 aliphatic heterocycles. The van der Waals surface area contributed by atoms with Crippen molar-refractivity contribution >= 4 is 22.9 Å². The Morgan fingerprint density at radius 2 is 2.19 bits per heavy atom. The number of amides is 1. The number of nitrogen functional groups attached to an aromatic ring is 1. The van der Waals surface area contributed by atoms with E-state index in [1.165, 1.54) is 27.8 Å². The summed E-state index contributed by atoms with van der Waals surface area (Å²) in [5.74, 6) is -0.105. The van der Waals surface area contributed by atoms with E-state index < -0.39 is 0 Å². The second-order valence-electron chi connectivity index (χ2n) is 5.07. The Labute approximate surface area is 127 Å². The molecule has 5 nitrogen and oxygen atoms in total. The van der Waals surface area contributed by atoms with Crippen LogP contribution in [0, 0.1) is 0 Å². The van der Waals surface area contributed by atoms with Crippen LogP contribution in [0.1, 0.15) is 11.8 Å². The highest BCUT2D eigenvalue weighted by molar-refractivity contribution is 7.09. The summed E-state index contributed by atoms with van der Waals surface area (Å²) in [7, 11) is 1.76. The van der Waals surface area contributed by atoms with Crippen LogP contribution < -0.4 is 11.3 Å². The molecule has 2 aromatic heterocycles. The minimum Gasteiger partial charge on any atom is -0.398 e. The molecule has 2 heterocycles. The monoisotopic (exact) mass is 305 g/mol. The molecule has 0 aliphatic rings. The van der Waals surface area contributed by atoms with Crippen molar-refractivity contribution in [2.75, 3.05) is 12.8 Å². The minimum atomic E-state index is -0.225. The average molecular weight is 305 g/mol. The number of hydrogen-bond donors (Lipinski definition) is 1. The maximum atomic E-state index is 12.3. The van der Waals surface area contributed by atoms with Gasteiger partial charge in [0, 0.05) is 42.3 Å². The number of nitrogens with two attached hydrogens (primary N) is 1. The summed E-state index contributed by atoms with van der Waals surface area (Å²) in [5, 5.41) is 2.02. The van der Waals surface area contributed by atoms with Gasteiger partial charge in [-0.15, -0.1) is 11.3 Å². The van der Waals surface area contributed by atoms with Crippen molar-refractivity contribution in [1.82, 2.24) is 9.47 Å². The Kier molecular flexibility index (Phi) is 4.80. The molecular formula is C15H19N3O2S. The molecule has 21 heavy (non-hydrogen) atoms. The SMILES string of the molecule is CC(Cc1cccs1)N(C)C(=O)Cn1cc(N)ccc1=O. The fourth-order valence-electron chi connectivity index (χ4n) is 2.03. The summed E-state index contributed by atoms with van der Waals surface area (Å²) in [4.78, 5) is 26.9. The zero-order chi connectivity index (χ0) is 15.4. The molecule has 0 saturated carbocycles. The summed E-state index contributed by atoms with van der Waals surface area (Å²) in [6.45, 7) is 2.01. The van der Waals surface area contributed by atoms with E-state index in [4.69, 9.17) is 5.73 Å². The predicted molar refractivity (Wildman–Crippen MR) is 85.4 cm³/mol. The molecule has 0 bridgehead atoms. The average Bonchev–Trinajstić information content (AvgIpc) is 2.94. The van der Waals surface area contributed by atoms with Crippen molar-refractivity contribution in [3.05, 3.63) is 51.1 Å². The summed E-state index contributed by atoms with van der Waals surface area (Å²) in [6.07, 6.45) is 2.31. The molecule has 112 valence electrons. The molecule has 2 N–H and O–H groups in total. The number of rotatable bonds is 5. The normalized spacial score (nSPS) is 12.1. The van der Waals surface area contributed by atoms with Gasteiger partial charge in [-0.25, -0.2) is 0 Å². The Balaban J connectivity index is 2.02. The quantitative estimate of drug-likeness (QED) is 0.912. The highest BCUT2D eigenvalue weighted by Crippen LogP contribution is 2.13. The Morgan fingerprint density at radius 3 is 2.86 bits per heavy atom. The van der Waals surface area contributed by atoms with E-state index in [0.717, 1.165) is 6.42 Å². The van der Waals surface area contributed by atoms with E-state index in [9.17, 15) is 9.59 Å². The van der Waals surface area contributed by atoms with Crippen LogP contribution in [0.3, 0.4) is 0 Å². The lowest BCUT2D eigenvalue weighted by molar-refractivity contribution is -0.132. The Hall–Kier alpha value is -2.08. The first-order chi connectivity index (χ1) is 9.97. The van der Waals surface area contributed by atoms with Crippen molar-refractivity contribution in [2.24, 2.45) is 0 Å². The summed E-state index contributed by atoms with van der Waals surface area (Å²) < 4.78 is 1.34. The number of aromatic nitrogens is 1. The highest BCUT2D eigenvalue weighted by atomic mass is 32.1. The van der Waals surface area contributed by atoms with E-state index in [1.807, 2.05) is 18.4 Å². The molecule has 2 aromatic rings.